The van der Waals surface area contributed by atoms with Gasteiger partial charge in [0.2, 0.25) is 5.91 Å². The first-order valence-corrected chi connectivity index (χ1v) is 11.1. The quantitative estimate of drug-likeness (QED) is 0.441. The van der Waals surface area contributed by atoms with E-state index in [-0.39, 0.29) is 11.8 Å². The van der Waals surface area contributed by atoms with Crippen molar-refractivity contribution in [1.29, 1.82) is 0 Å². The van der Waals surface area contributed by atoms with E-state index in [1.54, 1.807) is 19.1 Å². The molecule has 0 radical (unpaired) electrons. The van der Waals surface area contributed by atoms with Gasteiger partial charge < -0.3 is 15.2 Å². The number of rotatable bonds is 7. The van der Waals surface area contributed by atoms with Crippen molar-refractivity contribution in [3.63, 3.8) is 0 Å². The Bertz CT molecular complexity index is 1200. The highest BCUT2D eigenvalue weighted by Crippen LogP contribution is 2.26. The molecule has 0 aliphatic heterocycles. The smallest absolute Gasteiger partial charge is 0.251 e. The van der Waals surface area contributed by atoms with E-state index >= 15 is 0 Å². The van der Waals surface area contributed by atoms with Gasteiger partial charge in [0, 0.05) is 29.5 Å². The Morgan fingerprint density at radius 3 is 2.61 bits per heavy atom. The third kappa shape index (κ3) is 5.13. The number of carbonyl (C=O) groups is 2. The Hall–Kier alpha value is -3.16. The van der Waals surface area contributed by atoms with Crippen LogP contribution in [-0.4, -0.2) is 34.0 Å². The van der Waals surface area contributed by atoms with Crippen molar-refractivity contribution in [2.24, 2.45) is 0 Å². The fourth-order valence-corrected chi connectivity index (χ4v) is 4.20. The number of halogens is 1. The Kier molecular flexibility index (Phi) is 6.34. The number of thiazole rings is 1. The van der Waals surface area contributed by atoms with Gasteiger partial charge in [0.25, 0.3) is 5.91 Å². The van der Waals surface area contributed by atoms with Gasteiger partial charge in [0.15, 0.2) is 5.13 Å². The van der Waals surface area contributed by atoms with E-state index in [1.165, 1.54) is 11.3 Å². The molecule has 2 N–H and O–H groups in total. The van der Waals surface area contributed by atoms with Crippen molar-refractivity contribution in [3.8, 4) is 5.13 Å². The lowest BCUT2D eigenvalue weighted by Gasteiger charge is -2.14. The van der Waals surface area contributed by atoms with E-state index in [0.717, 1.165) is 20.9 Å². The van der Waals surface area contributed by atoms with Crippen LogP contribution in [0.15, 0.2) is 67.0 Å². The lowest BCUT2D eigenvalue weighted by Crippen LogP contribution is -2.45. The number of carbonyl (C=O) groups excluding carboxylic acids is 2. The van der Waals surface area contributed by atoms with Crippen LogP contribution in [0.5, 0.6) is 0 Å². The van der Waals surface area contributed by atoms with Gasteiger partial charge in [-0.05, 0) is 61.4 Å². The second-order valence-electron chi connectivity index (χ2n) is 7.13. The number of amides is 2. The van der Waals surface area contributed by atoms with Crippen LogP contribution in [0.1, 0.15) is 22.8 Å². The highest BCUT2D eigenvalue weighted by molar-refractivity contribution is 7.20. The molecule has 0 fully saturated rings. The van der Waals surface area contributed by atoms with Crippen molar-refractivity contribution in [2.75, 3.05) is 6.54 Å². The summed E-state index contributed by atoms with van der Waals surface area (Å²) in [5.41, 5.74) is 2.41. The molecule has 0 aliphatic carbocycles. The summed E-state index contributed by atoms with van der Waals surface area (Å²) in [6, 6.07) is 16.1. The summed E-state index contributed by atoms with van der Waals surface area (Å²) < 4.78 is 2.84. The molecule has 31 heavy (non-hydrogen) atoms. The van der Waals surface area contributed by atoms with Gasteiger partial charge in [-0.1, -0.05) is 35.1 Å². The number of hydrogen-bond acceptors (Lipinski definition) is 4. The van der Waals surface area contributed by atoms with E-state index in [0.29, 0.717) is 23.6 Å². The molecule has 0 saturated carbocycles. The third-order valence-electron chi connectivity index (χ3n) is 4.83. The fraction of sp³-hybridized carbons (Fsp3) is 0.174. The van der Waals surface area contributed by atoms with Gasteiger partial charge in [0.05, 0.1) is 10.2 Å². The third-order valence-corrected chi connectivity index (χ3v) is 6.12. The lowest BCUT2D eigenvalue weighted by atomic mass is 10.1. The average Bonchev–Trinajstić information content (AvgIpc) is 3.44. The Morgan fingerprint density at radius 2 is 1.87 bits per heavy atom. The summed E-state index contributed by atoms with van der Waals surface area (Å²) >= 11 is 7.39. The van der Waals surface area contributed by atoms with Crippen LogP contribution in [0.25, 0.3) is 15.3 Å². The van der Waals surface area contributed by atoms with Crippen LogP contribution < -0.4 is 10.6 Å². The number of hydrogen-bond donors (Lipinski definition) is 2. The summed E-state index contributed by atoms with van der Waals surface area (Å²) in [6.07, 6.45) is 4.55. The van der Waals surface area contributed by atoms with Crippen LogP contribution >= 0.6 is 22.9 Å². The normalized spacial score (nSPS) is 11.9. The predicted octanol–water partition coefficient (Wildman–Crippen LogP) is 4.22. The fourth-order valence-electron chi connectivity index (χ4n) is 3.11. The van der Waals surface area contributed by atoms with Gasteiger partial charge >= 0.3 is 0 Å². The molecule has 0 bridgehead atoms. The molecule has 4 rings (SSSR count). The van der Waals surface area contributed by atoms with Crippen LogP contribution in [0.2, 0.25) is 5.02 Å². The molecular formula is C23H21ClN4O2S. The molecule has 4 aromatic rings. The molecule has 2 heterocycles. The van der Waals surface area contributed by atoms with E-state index in [1.807, 2.05) is 59.4 Å². The first kappa shape index (κ1) is 21.1. The van der Waals surface area contributed by atoms with Crippen molar-refractivity contribution < 1.29 is 9.59 Å². The first-order valence-electron chi connectivity index (χ1n) is 9.86. The maximum absolute atomic E-state index is 12.6. The zero-order valence-electron chi connectivity index (χ0n) is 16.8. The average molecular weight is 453 g/mol. The number of nitrogens with zero attached hydrogens (tertiary/aromatic N) is 2. The van der Waals surface area contributed by atoms with Crippen molar-refractivity contribution in [2.45, 2.75) is 19.4 Å². The highest BCUT2D eigenvalue weighted by atomic mass is 35.5. The number of aromatic nitrogens is 2. The molecule has 0 spiro atoms. The number of fused-ring (bicyclic) bond motifs is 1. The van der Waals surface area contributed by atoms with E-state index < -0.39 is 6.04 Å². The van der Waals surface area contributed by atoms with E-state index in [2.05, 4.69) is 15.6 Å². The maximum atomic E-state index is 12.6. The van der Waals surface area contributed by atoms with Gasteiger partial charge in [-0.25, -0.2) is 4.98 Å². The molecule has 0 saturated heterocycles. The minimum Gasteiger partial charge on any atom is -0.354 e. The Balaban J connectivity index is 1.33. The topological polar surface area (TPSA) is 76.0 Å². The van der Waals surface area contributed by atoms with E-state index in [4.69, 9.17) is 11.6 Å². The SMILES string of the molecule is CC(NC(=O)c1ccc2nc(-n3cccc3)sc2c1)C(=O)NCCc1ccc(Cl)cc1. The summed E-state index contributed by atoms with van der Waals surface area (Å²) in [5, 5.41) is 7.14. The monoisotopic (exact) mass is 452 g/mol. The van der Waals surface area contributed by atoms with E-state index in [9.17, 15) is 9.59 Å². The van der Waals surface area contributed by atoms with Crippen LogP contribution in [0.4, 0.5) is 0 Å². The summed E-state index contributed by atoms with van der Waals surface area (Å²) in [7, 11) is 0. The standard InChI is InChI=1S/C23H21ClN4O2S/c1-15(21(29)25-11-10-16-4-7-18(24)8-5-16)26-22(30)17-6-9-19-20(14-17)31-23(27-19)28-12-2-3-13-28/h2-9,12-15H,10-11H2,1H3,(H,25,29)(H,26,30). The van der Waals surface area contributed by atoms with Crippen molar-refractivity contribution >= 4 is 45.0 Å². The second kappa shape index (κ2) is 9.32. The molecule has 6 nitrogen and oxygen atoms in total. The van der Waals surface area contributed by atoms with Crippen LogP contribution in [0, 0.1) is 0 Å². The molecule has 2 aromatic carbocycles. The van der Waals surface area contributed by atoms with Gasteiger partial charge in [-0.2, -0.15) is 0 Å². The Labute approximate surface area is 188 Å². The molecular weight excluding hydrogens is 432 g/mol. The second-order valence-corrected chi connectivity index (χ2v) is 8.58. The van der Waals surface area contributed by atoms with Gasteiger partial charge in [-0.15, -0.1) is 0 Å². The van der Waals surface area contributed by atoms with Crippen LogP contribution in [0.3, 0.4) is 0 Å². The summed E-state index contributed by atoms with van der Waals surface area (Å²) in [5.74, 6) is -0.519. The van der Waals surface area contributed by atoms with Crippen molar-refractivity contribution in [1.82, 2.24) is 20.2 Å². The largest absolute Gasteiger partial charge is 0.354 e. The van der Waals surface area contributed by atoms with Gasteiger partial charge in [-0.3, -0.25) is 9.59 Å². The number of nitrogens with one attached hydrogen (secondary N) is 2. The number of benzene rings is 2. The summed E-state index contributed by atoms with van der Waals surface area (Å²) in [4.78, 5) is 29.6. The van der Waals surface area contributed by atoms with Crippen molar-refractivity contribution in [3.05, 3.63) is 83.1 Å². The molecule has 158 valence electrons. The zero-order valence-corrected chi connectivity index (χ0v) is 18.4. The molecule has 2 amide bonds. The lowest BCUT2D eigenvalue weighted by molar-refractivity contribution is -0.122. The summed E-state index contributed by atoms with van der Waals surface area (Å²) in [6.45, 7) is 2.15. The molecule has 1 atom stereocenters. The molecule has 8 heteroatoms. The van der Waals surface area contributed by atoms with Crippen LogP contribution in [-0.2, 0) is 11.2 Å². The minimum atomic E-state index is -0.648. The Morgan fingerprint density at radius 1 is 1.13 bits per heavy atom. The predicted molar refractivity (Wildman–Crippen MR) is 124 cm³/mol. The molecule has 2 aromatic heterocycles. The maximum Gasteiger partial charge on any atom is 0.251 e. The first-order chi connectivity index (χ1) is 15.0. The zero-order chi connectivity index (χ0) is 21.8. The minimum absolute atomic E-state index is 0.226. The highest BCUT2D eigenvalue weighted by Gasteiger charge is 2.17. The van der Waals surface area contributed by atoms with Gasteiger partial charge in [0.1, 0.15) is 6.04 Å². The molecule has 1 unspecified atom stereocenters. The molecule has 0 aliphatic rings.